The van der Waals surface area contributed by atoms with Gasteiger partial charge in [-0.3, -0.25) is 0 Å². The number of hydrogen-bond donors (Lipinski definition) is 2. The number of benzene rings is 1. The van der Waals surface area contributed by atoms with Gasteiger partial charge in [0, 0.05) is 6.04 Å². The molecule has 3 N–H and O–H groups in total. The van der Waals surface area contributed by atoms with Gasteiger partial charge in [-0.2, -0.15) is 0 Å². The molecular formula is C14H23ClN2O2S. The Morgan fingerprint density at radius 3 is 2.65 bits per heavy atom. The Bertz CT molecular complexity index is 534. The van der Waals surface area contributed by atoms with Gasteiger partial charge in [0.05, 0.1) is 4.90 Å². The van der Waals surface area contributed by atoms with Crippen molar-refractivity contribution in [3.05, 3.63) is 29.8 Å². The fraction of sp³-hybridized carbons (Fsp3) is 0.571. The zero-order chi connectivity index (χ0) is 13.9. The first-order valence-electron chi connectivity index (χ1n) is 6.88. The topological polar surface area (TPSA) is 72.2 Å². The quantitative estimate of drug-likeness (QED) is 0.873. The van der Waals surface area contributed by atoms with Crippen molar-refractivity contribution in [3.63, 3.8) is 0 Å². The summed E-state index contributed by atoms with van der Waals surface area (Å²) in [5, 5.41) is 0. The van der Waals surface area contributed by atoms with Gasteiger partial charge in [-0.25, -0.2) is 13.1 Å². The minimum atomic E-state index is -3.44. The molecule has 1 saturated carbocycles. The van der Waals surface area contributed by atoms with Gasteiger partial charge in [-0.15, -0.1) is 12.4 Å². The van der Waals surface area contributed by atoms with Gasteiger partial charge in [0.1, 0.15) is 0 Å². The molecule has 4 nitrogen and oxygen atoms in total. The highest BCUT2D eigenvalue weighted by molar-refractivity contribution is 7.89. The Kier molecular flexibility index (Phi) is 6.45. The van der Waals surface area contributed by atoms with Crippen molar-refractivity contribution < 1.29 is 8.42 Å². The molecule has 1 fully saturated rings. The molecule has 0 amide bonds. The van der Waals surface area contributed by atoms with Gasteiger partial charge in [0.25, 0.3) is 0 Å². The van der Waals surface area contributed by atoms with Crippen LogP contribution in [0.5, 0.6) is 0 Å². The summed E-state index contributed by atoms with van der Waals surface area (Å²) in [4.78, 5) is 0.403. The second kappa shape index (κ2) is 7.41. The first-order valence-corrected chi connectivity index (χ1v) is 8.37. The Labute approximate surface area is 127 Å². The van der Waals surface area contributed by atoms with E-state index in [2.05, 4.69) is 4.72 Å². The standard InChI is InChI=1S/C14H22N2O2S.ClH/c1-2-11-6-3-4-9-14(11)19(17,18)16-13-8-5-7-12(13)10-15;/h3-4,6,9,12-13,16H,2,5,7-8,10,15H2,1H3;1H. The Balaban J connectivity index is 0.00000200. The largest absolute Gasteiger partial charge is 0.330 e. The molecule has 2 unspecified atom stereocenters. The Morgan fingerprint density at radius 1 is 1.30 bits per heavy atom. The Morgan fingerprint density at radius 2 is 2.00 bits per heavy atom. The summed E-state index contributed by atoms with van der Waals surface area (Å²) in [5.74, 6) is 0.267. The monoisotopic (exact) mass is 318 g/mol. The molecular weight excluding hydrogens is 296 g/mol. The van der Waals surface area contributed by atoms with Crippen LogP contribution in [0.15, 0.2) is 29.2 Å². The first-order chi connectivity index (χ1) is 9.08. The van der Waals surface area contributed by atoms with Crippen molar-refractivity contribution in [1.29, 1.82) is 0 Å². The van der Waals surface area contributed by atoms with Crippen LogP contribution in [0.25, 0.3) is 0 Å². The van der Waals surface area contributed by atoms with E-state index >= 15 is 0 Å². The molecule has 2 atom stereocenters. The van der Waals surface area contributed by atoms with Crippen LogP contribution in [-0.4, -0.2) is 21.0 Å². The lowest BCUT2D eigenvalue weighted by molar-refractivity contribution is 0.452. The number of rotatable bonds is 5. The van der Waals surface area contributed by atoms with Gasteiger partial charge in [-0.1, -0.05) is 31.5 Å². The van der Waals surface area contributed by atoms with Gasteiger partial charge >= 0.3 is 0 Å². The van der Waals surface area contributed by atoms with Crippen molar-refractivity contribution in [1.82, 2.24) is 4.72 Å². The summed E-state index contributed by atoms with van der Waals surface area (Å²) in [6, 6.07) is 7.16. The van der Waals surface area contributed by atoms with E-state index in [0.29, 0.717) is 17.9 Å². The lowest BCUT2D eigenvalue weighted by Crippen LogP contribution is -2.40. The van der Waals surface area contributed by atoms with Crippen LogP contribution >= 0.6 is 12.4 Å². The lowest BCUT2D eigenvalue weighted by atomic mass is 10.1. The van der Waals surface area contributed by atoms with Crippen molar-refractivity contribution in [2.24, 2.45) is 11.7 Å². The van der Waals surface area contributed by atoms with Crippen LogP contribution < -0.4 is 10.5 Å². The number of nitrogens with one attached hydrogen (secondary N) is 1. The molecule has 0 aromatic heterocycles. The van der Waals surface area contributed by atoms with Crippen LogP contribution in [0.3, 0.4) is 0 Å². The molecule has 0 heterocycles. The van der Waals surface area contributed by atoms with Crippen LogP contribution in [-0.2, 0) is 16.4 Å². The van der Waals surface area contributed by atoms with E-state index in [4.69, 9.17) is 5.73 Å². The average molecular weight is 319 g/mol. The van der Waals surface area contributed by atoms with Crippen LogP contribution in [0.2, 0.25) is 0 Å². The van der Waals surface area contributed by atoms with E-state index in [1.807, 2.05) is 19.1 Å². The molecule has 0 spiro atoms. The molecule has 1 aromatic rings. The maximum absolute atomic E-state index is 12.5. The normalized spacial score (nSPS) is 22.5. The van der Waals surface area contributed by atoms with Gasteiger partial charge < -0.3 is 5.73 Å². The maximum atomic E-state index is 12.5. The SMILES string of the molecule is CCc1ccccc1S(=O)(=O)NC1CCCC1CN.Cl. The molecule has 0 aliphatic heterocycles. The van der Waals surface area contributed by atoms with E-state index in [-0.39, 0.29) is 24.4 Å². The number of sulfonamides is 1. The zero-order valence-corrected chi connectivity index (χ0v) is 13.3. The number of halogens is 1. The lowest BCUT2D eigenvalue weighted by Gasteiger charge is -2.20. The number of hydrogen-bond acceptors (Lipinski definition) is 3. The van der Waals surface area contributed by atoms with E-state index in [1.54, 1.807) is 12.1 Å². The van der Waals surface area contributed by atoms with Crippen LogP contribution in [0, 0.1) is 5.92 Å². The summed E-state index contributed by atoms with van der Waals surface area (Å²) in [6.07, 6.45) is 3.65. The molecule has 1 aliphatic carbocycles. The molecule has 20 heavy (non-hydrogen) atoms. The van der Waals surface area contributed by atoms with Gasteiger partial charge in [0.2, 0.25) is 10.0 Å². The van der Waals surface area contributed by atoms with Crippen LogP contribution in [0.4, 0.5) is 0 Å². The van der Waals surface area contributed by atoms with Crippen molar-refractivity contribution in [2.75, 3.05) is 6.54 Å². The molecule has 2 rings (SSSR count). The third kappa shape index (κ3) is 3.73. The van der Waals surface area contributed by atoms with E-state index in [0.717, 1.165) is 24.8 Å². The Hall–Kier alpha value is -0.620. The fourth-order valence-electron chi connectivity index (χ4n) is 2.79. The third-order valence-electron chi connectivity index (χ3n) is 3.91. The molecule has 0 bridgehead atoms. The highest BCUT2D eigenvalue weighted by Crippen LogP contribution is 2.26. The molecule has 0 saturated heterocycles. The second-order valence-electron chi connectivity index (χ2n) is 5.12. The van der Waals surface area contributed by atoms with Crippen molar-refractivity contribution in [3.8, 4) is 0 Å². The third-order valence-corrected chi connectivity index (χ3v) is 5.50. The minimum Gasteiger partial charge on any atom is -0.330 e. The highest BCUT2D eigenvalue weighted by atomic mass is 35.5. The second-order valence-corrected chi connectivity index (χ2v) is 6.80. The van der Waals surface area contributed by atoms with E-state index < -0.39 is 10.0 Å². The summed E-state index contributed by atoms with van der Waals surface area (Å²) in [6.45, 7) is 2.51. The van der Waals surface area contributed by atoms with E-state index in [9.17, 15) is 8.42 Å². The fourth-order valence-corrected chi connectivity index (χ4v) is 4.45. The number of aryl methyl sites for hydroxylation is 1. The number of nitrogens with two attached hydrogens (primary N) is 1. The molecule has 6 heteroatoms. The average Bonchev–Trinajstić information content (AvgIpc) is 2.85. The smallest absolute Gasteiger partial charge is 0.241 e. The van der Waals surface area contributed by atoms with Gasteiger partial charge in [-0.05, 0) is 43.4 Å². The van der Waals surface area contributed by atoms with Crippen molar-refractivity contribution >= 4 is 22.4 Å². The summed E-state index contributed by atoms with van der Waals surface area (Å²) in [7, 11) is -3.44. The molecule has 1 aromatic carbocycles. The zero-order valence-electron chi connectivity index (χ0n) is 11.7. The summed E-state index contributed by atoms with van der Waals surface area (Å²) in [5.41, 5.74) is 6.56. The van der Waals surface area contributed by atoms with Gasteiger partial charge in [0.15, 0.2) is 0 Å². The summed E-state index contributed by atoms with van der Waals surface area (Å²) >= 11 is 0. The van der Waals surface area contributed by atoms with E-state index in [1.165, 1.54) is 0 Å². The summed E-state index contributed by atoms with van der Waals surface area (Å²) < 4.78 is 27.8. The predicted molar refractivity (Wildman–Crippen MR) is 83.6 cm³/mol. The minimum absolute atomic E-state index is 0. The first kappa shape index (κ1) is 17.4. The molecule has 1 aliphatic rings. The van der Waals surface area contributed by atoms with Crippen LogP contribution in [0.1, 0.15) is 31.7 Å². The maximum Gasteiger partial charge on any atom is 0.241 e. The molecule has 0 radical (unpaired) electrons. The van der Waals surface area contributed by atoms with Crippen molar-refractivity contribution in [2.45, 2.75) is 43.5 Å². The highest BCUT2D eigenvalue weighted by Gasteiger charge is 2.30. The molecule has 114 valence electrons. The predicted octanol–water partition coefficient (Wildman–Crippen LogP) is 2.08.